The molecule has 2 aromatic carbocycles. The Balaban J connectivity index is 2.19. The lowest BCUT2D eigenvalue weighted by molar-refractivity contribution is 0.111. The zero-order valence-corrected chi connectivity index (χ0v) is 11.2. The molecule has 0 unspecified atom stereocenters. The lowest BCUT2D eigenvalue weighted by Gasteiger charge is -2.10. The van der Waals surface area contributed by atoms with Gasteiger partial charge in [0, 0.05) is 10.6 Å². The summed E-state index contributed by atoms with van der Waals surface area (Å²) in [6.07, 6.45) is 0.607. The van der Waals surface area contributed by atoms with Gasteiger partial charge in [0.2, 0.25) is 0 Å². The van der Waals surface area contributed by atoms with Crippen LogP contribution in [0.2, 0.25) is 10.0 Å². The van der Waals surface area contributed by atoms with Crippen molar-refractivity contribution in [1.82, 2.24) is 0 Å². The minimum Gasteiger partial charge on any atom is -0.488 e. The number of rotatable bonds is 4. The van der Waals surface area contributed by atoms with Crippen molar-refractivity contribution in [2.24, 2.45) is 0 Å². The fourth-order valence-electron chi connectivity index (χ4n) is 1.55. The molecule has 0 aliphatic rings. The van der Waals surface area contributed by atoms with Gasteiger partial charge in [-0.1, -0.05) is 35.3 Å². The molecule has 0 spiro atoms. The van der Waals surface area contributed by atoms with Gasteiger partial charge in [-0.05, 0) is 24.3 Å². The minimum absolute atomic E-state index is 0.00974. The normalized spacial score (nSPS) is 10.3. The fourth-order valence-corrected chi connectivity index (χ4v) is 1.92. The van der Waals surface area contributed by atoms with E-state index in [-0.39, 0.29) is 12.2 Å². The second kappa shape index (κ2) is 6.04. The van der Waals surface area contributed by atoms with Crippen molar-refractivity contribution in [2.45, 2.75) is 6.61 Å². The van der Waals surface area contributed by atoms with E-state index in [0.29, 0.717) is 27.6 Å². The Bertz CT molecular complexity index is 614. The van der Waals surface area contributed by atoms with E-state index in [2.05, 4.69) is 0 Å². The molecular formula is C14H9Cl2FO2. The summed E-state index contributed by atoms with van der Waals surface area (Å²) in [6, 6.07) is 9.15. The summed E-state index contributed by atoms with van der Waals surface area (Å²) in [5.41, 5.74) is 0.597. The Kier molecular flexibility index (Phi) is 4.40. The SMILES string of the molecule is O=Cc1c(Cl)cccc1OCc1ccc(Cl)cc1F. The Labute approximate surface area is 119 Å². The third-order valence-corrected chi connectivity index (χ3v) is 3.09. The van der Waals surface area contributed by atoms with Gasteiger partial charge in [0.15, 0.2) is 6.29 Å². The first-order valence-electron chi connectivity index (χ1n) is 5.42. The van der Waals surface area contributed by atoms with Crippen LogP contribution in [0, 0.1) is 5.82 Å². The quantitative estimate of drug-likeness (QED) is 0.776. The standard InChI is InChI=1S/C14H9Cl2FO2/c15-10-5-4-9(13(17)6-10)8-19-14-3-1-2-12(16)11(14)7-18/h1-7H,8H2. The van der Waals surface area contributed by atoms with Crippen LogP contribution in [0.5, 0.6) is 5.75 Å². The van der Waals surface area contributed by atoms with Crippen LogP contribution in [0.25, 0.3) is 0 Å². The monoisotopic (exact) mass is 298 g/mol. The van der Waals surface area contributed by atoms with Gasteiger partial charge >= 0.3 is 0 Å². The Morgan fingerprint density at radius 3 is 2.68 bits per heavy atom. The average molecular weight is 299 g/mol. The topological polar surface area (TPSA) is 26.3 Å². The van der Waals surface area contributed by atoms with Gasteiger partial charge in [-0.15, -0.1) is 0 Å². The Morgan fingerprint density at radius 1 is 1.21 bits per heavy atom. The summed E-state index contributed by atoms with van der Waals surface area (Å²) in [5, 5.41) is 0.613. The van der Waals surface area contributed by atoms with Crippen molar-refractivity contribution in [3.8, 4) is 5.75 Å². The van der Waals surface area contributed by atoms with Crippen molar-refractivity contribution in [1.29, 1.82) is 0 Å². The number of ether oxygens (including phenoxy) is 1. The van der Waals surface area contributed by atoms with E-state index in [1.807, 2.05) is 0 Å². The van der Waals surface area contributed by atoms with Crippen LogP contribution in [0.1, 0.15) is 15.9 Å². The largest absolute Gasteiger partial charge is 0.488 e. The van der Waals surface area contributed by atoms with Gasteiger partial charge < -0.3 is 4.74 Å². The molecule has 19 heavy (non-hydrogen) atoms. The highest BCUT2D eigenvalue weighted by Gasteiger charge is 2.09. The molecule has 0 N–H and O–H groups in total. The number of carbonyl (C=O) groups excluding carboxylic acids is 1. The van der Waals surface area contributed by atoms with Gasteiger partial charge in [-0.25, -0.2) is 4.39 Å². The predicted molar refractivity (Wildman–Crippen MR) is 72.6 cm³/mol. The highest BCUT2D eigenvalue weighted by molar-refractivity contribution is 6.33. The number of halogens is 3. The zero-order chi connectivity index (χ0) is 13.8. The molecule has 0 heterocycles. The molecule has 0 radical (unpaired) electrons. The van der Waals surface area contributed by atoms with Crippen LogP contribution >= 0.6 is 23.2 Å². The zero-order valence-electron chi connectivity index (χ0n) is 9.70. The van der Waals surface area contributed by atoms with Gasteiger partial charge in [0.25, 0.3) is 0 Å². The van der Waals surface area contributed by atoms with E-state index < -0.39 is 5.82 Å². The fraction of sp³-hybridized carbons (Fsp3) is 0.0714. The molecule has 0 aromatic heterocycles. The number of hydrogen-bond donors (Lipinski definition) is 0. The summed E-state index contributed by atoms with van der Waals surface area (Å²) in [5.74, 6) is -0.140. The predicted octanol–water partition coefficient (Wildman–Crippen LogP) is 4.52. The van der Waals surface area contributed by atoms with E-state index in [9.17, 15) is 9.18 Å². The summed E-state index contributed by atoms with van der Waals surface area (Å²) >= 11 is 11.5. The molecular weight excluding hydrogens is 290 g/mol. The van der Waals surface area contributed by atoms with Crippen molar-refractivity contribution in [3.63, 3.8) is 0 Å². The van der Waals surface area contributed by atoms with Crippen LogP contribution in [0.4, 0.5) is 4.39 Å². The van der Waals surface area contributed by atoms with Crippen LogP contribution in [0.3, 0.4) is 0 Å². The van der Waals surface area contributed by atoms with Gasteiger partial charge in [-0.2, -0.15) is 0 Å². The molecule has 0 bridgehead atoms. The number of aldehydes is 1. The molecule has 5 heteroatoms. The van der Waals surface area contributed by atoms with Crippen LogP contribution < -0.4 is 4.74 Å². The highest BCUT2D eigenvalue weighted by atomic mass is 35.5. The molecule has 0 fully saturated rings. The van der Waals surface area contributed by atoms with Gasteiger partial charge in [0.05, 0.1) is 10.6 Å². The van der Waals surface area contributed by atoms with E-state index in [4.69, 9.17) is 27.9 Å². The smallest absolute Gasteiger partial charge is 0.155 e. The Hall–Kier alpha value is -1.58. The number of hydrogen-bond acceptors (Lipinski definition) is 2. The van der Waals surface area contributed by atoms with Crippen molar-refractivity contribution >= 4 is 29.5 Å². The summed E-state index contributed by atoms with van der Waals surface area (Å²) in [6.45, 7) is -0.00974. The van der Waals surface area contributed by atoms with E-state index >= 15 is 0 Å². The van der Waals surface area contributed by atoms with Crippen molar-refractivity contribution in [2.75, 3.05) is 0 Å². The number of carbonyl (C=O) groups is 1. The maximum absolute atomic E-state index is 13.6. The molecule has 2 aromatic rings. The molecule has 2 rings (SSSR count). The minimum atomic E-state index is -0.456. The van der Waals surface area contributed by atoms with Gasteiger partial charge in [0.1, 0.15) is 18.2 Å². The maximum Gasteiger partial charge on any atom is 0.155 e. The van der Waals surface area contributed by atoms with E-state index in [0.717, 1.165) is 0 Å². The van der Waals surface area contributed by atoms with Crippen molar-refractivity contribution in [3.05, 3.63) is 63.4 Å². The van der Waals surface area contributed by atoms with E-state index in [1.165, 1.54) is 12.1 Å². The molecule has 0 atom stereocenters. The second-order valence-electron chi connectivity index (χ2n) is 3.79. The second-order valence-corrected chi connectivity index (χ2v) is 4.64. The molecule has 98 valence electrons. The molecule has 0 aliphatic carbocycles. The van der Waals surface area contributed by atoms with E-state index in [1.54, 1.807) is 24.3 Å². The van der Waals surface area contributed by atoms with Crippen LogP contribution in [0.15, 0.2) is 36.4 Å². The summed E-state index contributed by atoms with van der Waals surface area (Å²) in [4.78, 5) is 10.9. The first-order chi connectivity index (χ1) is 9.11. The maximum atomic E-state index is 13.6. The van der Waals surface area contributed by atoms with Crippen molar-refractivity contribution < 1.29 is 13.9 Å². The first-order valence-corrected chi connectivity index (χ1v) is 6.18. The highest BCUT2D eigenvalue weighted by Crippen LogP contribution is 2.25. The third kappa shape index (κ3) is 3.25. The summed E-state index contributed by atoms with van der Waals surface area (Å²) in [7, 11) is 0. The van der Waals surface area contributed by atoms with Crippen LogP contribution in [-0.2, 0) is 6.61 Å². The molecule has 0 saturated carbocycles. The van der Waals surface area contributed by atoms with Crippen LogP contribution in [-0.4, -0.2) is 6.29 Å². The number of benzene rings is 2. The molecule has 0 saturated heterocycles. The summed E-state index contributed by atoms with van der Waals surface area (Å²) < 4.78 is 19.0. The molecule has 2 nitrogen and oxygen atoms in total. The lowest BCUT2D eigenvalue weighted by Crippen LogP contribution is -2.01. The Morgan fingerprint density at radius 2 is 2.00 bits per heavy atom. The molecule has 0 amide bonds. The average Bonchev–Trinajstić information content (AvgIpc) is 2.38. The third-order valence-electron chi connectivity index (χ3n) is 2.53. The lowest BCUT2D eigenvalue weighted by atomic mass is 10.2. The molecule has 0 aliphatic heterocycles. The van der Waals surface area contributed by atoms with Gasteiger partial charge in [-0.3, -0.25) is 4.79 Å². The first kappa shape index (κ1) is 13.8.